The van der Waals surface area contributed by atoms with E-state index in [1.54, 1.807) is 22.8 Å². The number of halogens is 3. The van der Waals surface area contributed by atoms with E-state index in [0.717, 1.165) is 0 Å². The number of rotatable bonds is 6. The lowest BCUT2D eigenvalue weighted by atomic mass is 9.93. The normalized spacial score (nSPS) is 21.7. The molecule has 2 aliphatic rings. The van der Waals surface area contributed by atoms with E-state index < -0.39 is 29.7 Å². The van der Waals surface area contributed by atoms with Crippen molar-refractivity contribution in [1.29, 1.82) is 0 Å². The van der Waals surface area contributed by atoms with Crippen LogP contribution in [0.1, 0.15) is 45.1 Å². The topological polar surface area (TPSA) is 70.2 Å². The monoisotopic (exact) mass is 547 g/mol. The molecule has 38 heavy (non-hydrogen) atoms. The molecule has 0 bridgehead atoms. The van der Waals surface area contributed by atoms with Gasteiger partial charge >= 0.3 is 6.09 Å². The third-order valence-corrected chi connectivity index (χ3v) is 7.69. The van der Waals surface area contributed by atoms with Gasteiger partial charge in [0.05, 0.1) is 17.0 Å². The Morgan fingerprint density at radius 2 is 1.82 bits per heavy atom. The van der Waals surface area contributed by atoms with Crippen molar-refractivity contribution in [3.8, 4) is 5.75 Å². The molecule has 4 rings (SSSR count). The smallest absolute Gasteiger partial charge is 0.410 e. The van der Waals surface area contributed by atoms with E-state index in [2.05, 4.69) is 0 Å². The maximum atomic E-state index is 14.4. The van der Waals surface area contributed by atoms with Gasteiger partial charge in [-0.2, -0.15) is 0 Å². The number of piperidine rings is 1. The van der Waals surface area contributed by atoms with E-state index in [0.29, 0.717) is 24.9 Å². The minimum absolute atomic E-state index is 0.00830. The second-order valence-corrected chi connectivity index (χ2v) is 10.5. The number of ether oxygens (including phenoxy) is 1. The highest BCUT2D eigenvalue weighted by Crippen LogP contribution is 2.35. The number of benzene rings is 2. The molecule has 7 nitrogen and oxygen atoms in total. The largest absolute Gasteiger partial charge is 0.415 e. The molecule has 3 amide bonds. The van der Waals surface area contributed by atoms with Crippen molar-refractivity contribution >= 4 is 29.5 Å². The predicted molar refractivity (Wildman–Crippen MR) is 139 cm³/mol. The van der Waals surface area contributed by atoms with Crippen molar-refractivity contribution in [3.05, 3.63) is 64.7 Å². The summed E-state index contributed by atoms with van der Waals surface area (Å²) in [7, 11) is 0. The maximum Gasteiger partial charge on any atom is 0.415 e. The SMILES string of the molecule is CCN(C(=O)Oc1ccc(F)cc1)C1CN(C(=O)[C@H]2CCC(=O)N(C(C)C)C2)C[C@H]1c1ccc(Cl)c(F)c1. The summed E-state index contributed by atoms with van der Waals surface area (Å²) in [5.74, 6) is -1.63. The quantitative estimate of drug-likeness (QED) is 0.506. The summed E-state index contributed by atoms with van der Waals surface area (Å²) in [5, 5.41) is -0.0139. The first-order valence-electron chi connectivity index (χ1n) is 12.9. The molecule has 1 unspecified atom stereocenters. The molecule has 0 radical (unpaired) electrons. The Kier molecular flexibility index (Phi) is 8.55. The lowest BCUT2D eigenvalue weighted by Crippen LogP contribution is -2.50. The van der Waals surface area contributed by atoms with E-state index in [1.165, 1.54) is 41.3 Å². The van der Waals surface area contributed by atoms with Crippen LogP contribution in [0.3, 0.4) is 0 Å². The molecule has 3 atom stereocenters. The van der Waals surface area contributed by atoms with Crippen LogP contribution in [-0.4, -0.2) is 70.9 Å². The van der Waals surface area contributed by atoms with Crippen LogP contribution in [0.4, 0.5) is 13.6 Å². The number of carbonyl (C=O) groups excluding carboxylic acids is 3. The van der Waals surface area contributed by atoms with Crippen LogP contribution in [-0.2, 0) is 9.59 Å². The van der Waals surface area contributed by atoms with E-state index >= 15 is 0 Å². The summed E-state index contributed by atoms with van der Waals surface area (Å²) < 4.78 is 33.2. The van der Waals surface area contributed by atoms with Gasteiger partial charge in [-0.05, 0) is 69.2 Å². The fraction of sp³-hybridized carbons (Fsp3) is 0.464. The number of amides is 3. The van der Waals surface area contributed by atoms with Crippen molar-refractivity contribution in [2.75, 3.05) is 26.2 Å². The molecule has 2 aromatic rings. The van der Waals surface area contributed by atoms with Gasteiger partial charge in [0, 0.05) is 44.6 Å². The third-order valence-electron chi connectivity index (χ3n) is 7.38. The Bertz CT molecular complexity index is 1190. The first kappa shape index (κ1) is 27.8. The molecule has 0 aromatic heterocycles. The standard InChI is InChI=1S/C28H32ClF2N3O4/c1-4-33(28(37)38-21-9-7-20(30)8-10-21)25-16-32(15-22(25)18-5-11-23(29)24(31)13-18)27(36)19-6-12-26(35)34(14-19)17(2)3/h5,7-11,13,17,19,22,25H,4,6,12,14-16H2,1-3H3/t19-,22-,25?/m0/s1. The molecule has 0 N–H and O–H groups in total. The first-order valence-corrected chi connectivity index (χ1v) is 13.2. The van der Waals surface area contributed by atoms with E-state index in [-0.39, 0.29) is 54.2 Å². The van der Waals surface area contributed by atoms with Crippen molar-refractivity contribution < 1.29 is 27.9 Å². The second kappa shape index (κ2) is 11.7. The number of carbonyl (C=O) groups is 3. The Morgan fingerprint density at radius 1 is 1.11 bits per heavy atom. The van der Waals surface area contributed by atoms with Crippen LogP contribution in [0.2, 0.25) is 5.02 Å². The molecule has 0 aliphatic carbocycles. The minimum atomic E-state index is -0.646. The molecular formula is C28H32ClF2N3O4. The van der Waals surface area contributed by atoms with Gasteiger partial charge in [0.15, 0.2) is 0 Å². The number of likely N-dealkylation sites (tertiary alicyclic amines) is 2. The van der Waals surface area contributed by atoms with Gasteiger partial charge in [0.1, 0.15) is 17.4 Å². The predicted octanol–water partition coefficient (Wildman–Crippen LogP) is 5.08. The highest BCUT2D eigenvalue weighted by atomic mass is 35.5. The summed E-state index contributed by atoms with van der Waals surface area (Å²) in [6.07, 6.45) is 0.127. The van der Waals surface area contributed by atoms with Gasteiger partial charge in [-0.25, -0.2) is 13.6 Å². The average molecular weight is 548 g/mol. The summed E-state index contributed by atoms with van der Waals surface area (Å²) in [6, 6.07) is 9.13. The van der Waals surface area contributed by atoms with Crippen LogP contribution in [0.15, 0.2) is 42.5 Å². The van der Waals surface area contributed by atoms with Crippen molar-refractivity contribution in [2.24, 2.45) is 5.92 Å². The van der Waals surface area contributed by atoms with E-state index in [9.17, 15) is 23.2 Å². The van der Waals surface area contributed by atoms with Crippen LogP contribution in [0, 0.1) is 17.6 Å². The molecule has 2 saturated heterocycles. The molecule has 2 aliphatic heterocycles. The zero-order valence-corrected chi connectivity index (χ0v) is 22.5. The average Bonchev–Trinajstić information content (AvgIpc) is 3.32. The zero-order chi connectivity index (χ0) is 27.6. The Morgan fingerprint density at radius 3 is 2.45 bits per heavy atom. The summed E-state index contributed by atoms with van der Waals surface area (Å²) in [4.78, 5) is 44.1. The van der Waals surface area contributed by atoms with Crippen LogP contribution in [0.5, 0.6) is 5.75 Å². The van der Waals surface area contributed by atoms with Gasteiger partial charge in [0.25, 0.3) is 0 Å². The molecule has 2 heterocycles. The Labute approximate surface area is 226 Å². The fourth-order valence-electron chi connectivity index (χ4n) is 5.34. The minimum Gasteiger partial charge on any atom is -0.410 e. The molecule has 0 saturated carbocycles. The fourth-order valence-corrected chi connectivity index (χ4v) is 5.46. The third kappa shape index (κ3) is 5.93. The Hall–Kier alpha value is -3.20. The van der Waals surface area contributed by atoms with Crippen molar-refractivity contribution in [3.63, 3.8) is 0 Å². The van der Waals surface area contributed by atoms with Crippen LogP contribution < -0.4 is 4.74 Å². The molecule has 2 aromatic carbocycles. The van der Waals surface area contributed by atoms with E-state index in [4.69, 9.17) is 16.3 Å². The van der Waals surface area contributed by atoms with Crippen molar-refractivity contribution in [2.45, 2.75) is 51.6 Å². The van der Waals surface area contributed by atoms with Crippen molar-refractivity contribution in [1.82, 2.24) is 14.7 Å². The lowest BCUT2D eigenvalue weighted by molar-refractivity contribution is -0.143. The summed E-state index contributed by atoms with van der Waals surface area (Å²) >= 11 is 5.91. The molecule has 10 heteroatoms. The maximum absolute atomic E-state index is 14.4. The lowest BCUT2D eigenvalue weighted by Gasteiger charge is -2.36. The van der Waals surface area contributed by atoms with E-state index in [1.807, 2.05) is 13.8 Å². The van der Waals surface area contributed by atoms with Gasteiger partial charge in [-0.1, -0.05) is 17.7 Å². The van der Waals surface area contributed by atoms with Gasteiger partial charge < -0.3 is 19.4 Å². The van der Waals surface area contributed by atoms with Gasteiger partial charge in [-0.15, -0.1) is 0 Å². The Balaban J connectivity index is 1.59. The van der Waals surface area contributed by atoms with Crippen LogP contribution in [0.25, 0.3) is 0 Å². The number of hydrogen-bond donors (Lipinski definition) is 0. The number of hydrogen-bond acceptors (Lipinski definition) is 4. The number of nitrogens with zero attached hydrogens (tertiary/aromatic N) is 3. The number of likely N-dealkylation sites (N-methyl/N-ethyl adjacent to an activating group) is 1. The van der Waals surface area contributed by atoms with Gasteiger partial charge in [0.2, 0.25) is 11.8 Å². The molecule has 2 fully saturated rings. The summed E-state index contributed by atoms with van der Waals surface area (Å²) in [6.45, 7) is 6.77. The first-order chi connectivity index (χ1) is 18.1. The zero-order valence-electron chi connectivity index (χ0n) is 21.7. The molecule has 0 spiro atoms. The van der Waals surface area contributed by atoms with Crippen LogP contribution >= 0.6 is 11.6 Å². The molecular weight excluding hydrogens is 516 g/mol. The molecule has 204 valence electrons. The van der Waals surface area contributed by atoms with Gasteiger partial charge in [-0.3, -0.25) is 9.59 Å². The highest BCUT2D eigenvalue weighted by Gasteiger charge is 2.44. The highest BCUT2D eigenvalue weighted by molar-refractivity contribution is 6.30. The summed E-state index contributed by atoms with van der Waals surface area (Å²) in [5.41, 5.74) is 0.614. The second-order valence-electron chi connectivity index (χ2n) is 10.1.